The van der Waals surface area contributed by atoms with E-state index in [4.69, 9.17) is 4.74 Å². The van der Waals surface area contributed by atoms with Crippen LogP contribution in [0.15, 0.2) is 41.6 Å². The normalized spacial score (nSPS) is 20.2. The molecule has 8 nitrogen and oxygen atoms in total. The number of hydrogen-bond donors (Lipinski definition) is 1. The van der Waals surface area contributed by atoms with E-state index in [1.54, 1.807) is 22.7 Å². The van der Waals surface area contributed by atoms with Gasteiger partial charge in [-0.1, -0.05) is 6.07 Å². The number of aromatic hydroxyl groups is 1. The van der Waals surface area contributed by atoms with Crippen LogP contribution in [0.5, 0.6) is 5.75 Å². The molecule has 3 aromatic rings. The molecule has 1 atom stereocenters. The maximum Gasteiger partial charge on any atom is 0.274 e. The van der Waals surface area contributed by atoms with Crippen molar-refractivity contribution in [2.45, 2.75) is 25.0 Å². The molecule has 1 spiro atoms. The van der Waals surface area contributed by atoms with Crippen LogP contribution in [-0.2, 0) is 17.8 Å². The molecular formula is C22H20F2N4O4. The fraction of sp³-hybridized carbons (Fsp3) is 0.318. The fourth-order valence-electron chi connectivity index (χ4n) is 4.40. The van der Waals surface area contributed by atoms with Crippen LogP contribution in [0.1, 0.15) is 22.5 Å². The number of carbonyl (C=O) groups excluding carboxylic acids is 1. The Morgan fingerprint density at radius 2 is 2.06 bits per heavy atom. The van der Waals surface area contributed by atoms with Gasteiger partial charge in [-0.2, -0.15) is 5.10 Å². The van der Waals surface area contributed by atoms with E-state index in [-0.39, 0.29) is 23.4 Å². The fourth-order valence-corrected chi connectivity index (χ4v) is 4.40. The van der Waals surface area contributed by atoms with E-state index in [0.29, 0.717) is 31.7 Å². The lowest BCUT2D eigenvalue weighted by molar-refractivity contribution is 0.0345. The van der Waals surface area contributed by atoms with Crippen molar-refractivity contribution in [3.05, 3.63) is 69.9 Å². The first-order valence-electron chi connectivity index (χ1n) is 10.1. The second-order valence-electron chi connectivity index (χ2n) is 8.25. The summed E-state index contributed by atoms with van der Waals surface area (Å²) in [4.78, 5) is 27.3. The Labute approximate surface area is 181 Å². The molecule has 1 amide bonds. The molecule has 0 radical (unpaired) electrons. The number of halogens is 2. The molecule has 1 saturated heterocycles. The zero-order valence-electron chi connectivity index (χ0n) is 17.2. The van der Waals surface area contributed by atoms with Gasteiger partial charge in [0.05, 0.1) is 30.5 Å². The summed E-state index contributed by atoms with van der Waals surface area (Å²) in [7, 11) is 1.65. The van der Waals surface area contributed by atoms with Gasteiger partial charge in [-0.05, 0) is 12.5 Å². The molecule has 1 fully saturated rings. The highest BCUT2D eigenvalue weighted by atomic mass is 19.1. The molecule has 2 aliphatic heterocycles. The topological polar surface area (TPSA) is 89.6 Å². The highest BCUT2D eigenvalue weighted by Gasteiger charge is 2.47. The summed E-state index contributed by atoms with van der Waals surface area (Å²) in [5.41, 5.74) is -0.464. The van der Waals surface area contributed by atoms with Gasteiger partial charge in [0.1, 0.15) is 11.6 Å². The van der Waals surface area contributed by atoms with E-state index in [1.807, 2.05) is 0 Å². The highest BCUT2D eigenvalue weighted by Crippen LogP contribution is 2.35. The van der Waals surface area contributed by atoms with Crippen molar-refractivity contribution in [2.24, 2.45) is 0 Å². The largest absolute Gasteiger partial charge is 0.503 e. The predicted octanol–water partition coefficient (Wildman–Crippen LogP) is 1.99. The smallest absolute Gasteiger partial charge is 0.274 e. The third-order valence-electron chi connectivity index (χ3n) is 6.31. The van der Waals surface area contributed by atoms with Gasteiger partial charge < -0.3 is 19.3 Å². The van der Waals surface area contributed by atoms with Crippen molar-refractivity contribution in [1.82, 2.24) is 19.2 Å². The van der Waals surface area contributed by atoms with E-state index in [0.717, 1.165) is 12.1 Å². The van der Waals surface area contributed by atoms with Crippen molar-refractivity contribution < 1.29 is 23.4 Å². The molecule has 10 heteroatoms. The molecule has 0 bridgehead atoms. The van der Waals surface area contributed by atoms with E-state index >= 15 is 0 Å². The van der Waals surface area contributed by atoms with Crippen LogP contribution >= 0.6 is 0 Å². The van der Waals surface area contributed by atoms with Crippen molar-refractivity contribution in [3.63, 3.8) is 0 Å². The molecule has 0 aliphatic carbocycles. The summed E-state index contributed by atoms with van der Waals surface area (Å²) in [6.45, 7) is 1.31. The quantitative estimate of drug-likeness (QED) is 0.670. The minimum Gasteiger partial charge on any atom is -0.503 e. The molecule has 2 aromatic heterocycles. The molecular weight excluding hydrogens is 422 g/mol. The van der Waals surface area contributed by atoms with Gasteiger partial charge in [-0.25, -0.2) is 8.78 Å². The summed E-state index contributed by atoms with van der Waals surface area (Å²) >= 11 is 0. The second kappa shape index (κ2) is 7.27. The van der Waals surface area contributed by atoms with Crippen LogP contribution in [-0.4, -0.2) is 56.1 Å². The Morgan fingerprint density at radius 1 is 1.25 bits per heavy atom. The number of carbonyl (C=O) groups is 1. The van der Waals surface area contributed by atoms with Crippen LogP contribution in [0.4, 0.5) is 8.78 Å². The zero-order valence-corrected chi connectivity index (χ0v) is 17.2. The number of nitrogens with zero attached hydrogens (tertiary/aromatic N) is 4. The summed E-state index contributed by atoms with van der Waals surface area (Å²) in [6.07, 6.45) is 5.16. The first-order chi connectivity index (χ1) is 15.3. The van der Waals surface area contributed by atoms with Crippen LogP contribution in [0.2, 0.25) is 0 Å². The van der Waals surface area contributed by atoms with E-state index in [9.17, 15) is 23.5 Å². The molecule has 1 N–H and O–H groups in total. The SMILES string of the molecule is CN1C(=O)c2c(O)c(=O)c(-c3cnn(Cc4ccc(F)cc4F)c3)cn2CC12CCOC2. The number of rotatable bonds is 3. The highest BCUT2D eigenvalue weighted by molar-refractivity contribution is 5.97. The van der Waals surface area contributed by atoms with Gasteiger partial charge in [-0.15, -0.1) is 0 Å². The van der Waals surface area contributed by atoms with Crippen LogP contribution in [0, 0.1) is 11.6 Å². The van der Waals surface area contributed by atoms with Crippen LogP contribution in [0.3, 0.4) is 0 Å². The molecule has 0 saturated carbocycles. The van der Waals surface area contributed by atoms with E-state index < -0.39 is 34.3 Å². The molecule has 1 aromatic carbocycles. The van der Waals surface area contributed by atoms with Gasteiger partial charge >= 0.3 is 0 Å². The van der Waals surface area contributed by atoms with Crippen LogP contribution < -0.4 is 5.43 Å². The first-order valence-corrected chi connectivity index (χ1v) is 10.1. The monoisotopic (exact) mass is 442 g/mol. The number of fused-ring (bicyclic) bond motifs is 1. The third kappa shape index (κ3) is 3.10. The number of amides is 1. The number of hydrogen-bond acceptors (Lipinski definition) is 5. The summed E-state index contributed by atoms with van der Waals surface area (Å²) < 4.78 is 35.6. The predicted molar refractivity (Wildman–Crippen MR) is 109 cm³/mol. The number of ether oxygens (including phenoxy) is 1. The van der Waals surface area contributed by atoms with Gasteiger partial charge in [0.2, 0.25) is 5.43 Å². The van der Waals surface area contributed by atoms with Crippen molar-refractivity contribution in [1.29, 1.82) is 0 Å². The Hall–Kier alpha value is -3.53. The molecule has 4 heterocycles. The average Bonchev–Trinajstić information content (AvgIpc) is 3.41. The lowest BCUT2D eigenvalue weighted by atomic mass is 9.92. The maximum atomic E-state index is 14.0. The standard InChI is InChI=1S/C22H20F2N4O4/c1-26-21(31)18-20(30)19(29)16(10-27(18)11-22(26)4-5-32-12-22)14-7-25-28(9-14)8-13-2-3-15(23)6-17(13)24/h2-3,6-7,9-10,30H,4-5,8,11-12H2,1H3. The minimum absolute atomic E-state index is 0.0358. The summed E-state index contributed by atoms with van der Waals surface area (Å²) in [6, 6.07) is 3.29. The van der Waals surface area contributed by atoms with Crippen LogP contribution in [0.25, 0.3) is 11.1 Å². The number of pyridine rings is 1. The molecule has 32 heavy (non-hydrogen) atoms. The van der Waals surface area contributed by atoms with Gasteiger partial charge in [-0.3, -0.25) is 14.3 Å². The zero-order chi connectivity index (χ0) is 22.6. The lowest BCUT2D eigenvalue weighted by Gasteiger charge is -2.43. The van der Waals surface area contributed by atoms with Crippen molar-refractivity contribution >= 4 is 5.91 Å². The Bertz CT molecular complexity index is 1290. The Balaban J connectivity index is 1.53. The lowest BCUT2D eigenvalue weighted by Crippen LogP contribution is -2.57. The average molecular weight is 442 g/mol. The summed E-state index contributed by atoms with van der Waals surface area (Å²) in [5.74, 6) is -2.42. The number of likely N-dealkylation sites (N-methyl/N-ethyl adjacent to an activating group) is 1. The van der Waals surface area contributed by atoms with Gasteiger partial charge in [0.15, 0.2) is 11.4 Å². The number of aromatic nitrogens is 3. The van der Waals surface area contributed by atoms with E-state index in [1.165, 1.54) is 23.1 Å². The van der Waals surface area contributed by atoms with Crippen molar-refractivity contribution in [2.75, 3.05) is 20.3 Å². The summed E-state index contributed by atoms with van der Waals surface area (Å²) in [5, 5.41) is 14.7. The Morgan fingerprint density at radius 3 is 2.78 bits per heavy atom. The second-order valence-corrected chi connectivity index (χ2v) is 8.25. The Kier molecular flexibility index (Phi) is 4.63. The molecule has 166 valence electrons. The van der Waals surface area contributed by atoms with Gasteiger partial charge in [0.25, 0.3) is 5.91 Å². The first kappa shape index (κ1) is 20.4. The maximum absolute atomic E-state index is 14.0. The third-order valence-corrected chi connectivity index (χ3v) is 6.31. The van der Waals surface area contributed by atoms with Gasteiger partial charge in [0, 0.05) is 49.8 Å². The molecule has 2 aliphatic rings. The van der Waals surface area contributed by atoms with E-state index in [2.05, 4.69) is 5.10 Å². The molecule has 5 rings (SSSR count). The van der Waals surface area contributed by atoms with Crippen molar-refractivity contribution in [3.8, 4) is 16.9 Å². The minimum atomic E-state index is -0.694. The number of benzene rings is 1. The molecule has 1 unspecified atom stereocenters.